The highest BCUT2D eigenvalue weighted by molar-refractivity contribution is 7.89. The van der Waals surface area contributed by atoms with E-state index in [9.17, 15) is 13.2 Å². The van der Waals surface area contributed by atoms with E-state index in [-0.39, 0.29) is 16.8 Å². The predicted molar refractivity (Wildman–Crippen MR) is 92.7 cm³/mol. The van der Waals surface area contributed by atoms with E-state index in [1.165, 1.54) is 0 Å². The van der Waals surface area contributed by atoms with Gasteiger partial charge < -0.3 is 10.2 Å². The maximum atomic E-state index is 12.8. The van der Waals surface area contributed by atoms with Crippen LogP contribution in [0.5, 0.6) is 0 Å². The number of piperidine rings is 2. The van der Waals surface area contributed by atoms with E-state index in [4.69, 9.17) is 0 Å². The highest BCUT2D eigenvalue weighted by Gasteiger charge is 2.35. The van der Waals surface area contributed by atoms with E-state index in [0.29, 0.717) is 18.8 Å². The number of hydrogen-bond acceptors (Lipinski definition) is 4. The third-order valence-corrected chi connectivity index (χ3v) is 7.19. The van der Waals surface area contributed by atoms with Crippen LogP contribution in [0.4, 0.5) is 11.4 Å². The van der Waals surface area contributed by atoms with Gasteiger partial charge in [0.2, 0.25) is 15.9 Å². The summed E-state index contributed by atoms with van der Waals surface area (Å²) < 4.78 is 27.2. The van der Waals surface area contributed by atoms with Crippen molar-refractivity contribution in [3.05, 3.63) is 18.2 Å². The maximum absolute atomic E-state index is 12.8. The van der Waals surface area contributed by atoms with Crippen LogP contribution in [-0.4, -0.2) is 44.3 Å². The van der Waals surface area contributed by atoms with Crippen molar-refractivity contribution in [3.63, 3.8) is 0 Å². The van der Waals surface area contributed by atoms with Crippen LogP contribution in [0.25, 0.3) is 0 Å². The highest BCUT2D eigenvalue weighted by atomic mass is 32.2. The maximum Gasteiger partial charge on any atom is 0.247 e. The molecular formula is C17H23N3O3S. The largest absolute Gasteiger partial charge is 0.358 e. The molecule has 0 unspecified atom stereocenters. The number of anilines is 2. The van der Waals surface area contributed by atoms with Gasteiger partial charge in [0, 0.05) is 19.6 Å². The zero-order chi connectivity index (χ0) is 16.7. The van der Waals surface area contributed by atoms with Crippen LogP contribution >= 0.6 is 0 Å². The second kappa shape index (κ2) is 6.04. The molecule has 0 radical (unpaired) electrons. The Labute approximate surface area is 142 Å². The predicted octanol–water partition coefficient (Wildman–Crippen LogP) is 2.17. The molecule has 24 heavy (non-hydrogen) atoms. The Kier molecular flexibility index (Phi) is 4.00. The summed E-state index contributed by atoms with van der Waals surface area (Å²) in [5.74, 6) is -0.0188. The molecule has 2 saturated heterocycles. The first-order chi connectivity index (χ1) is 11.6. The summed E-state index contributed by atoms with van der Waals surface area (Å²) in [4.78, 5) is 14.7. The van der Waals surface area contributed by atoms with Crippen LogP contribution in [0, 0.1) is 0 Å². The Morgan fingerprint density at radius 3 is 2.54 bits per heavy atom. The van der Waals surface area contributed by atoms with Crippen LogP contribution in [0.15, 0.2) is 23.1 Å². The number of benzene rings is 1. The monoisotopic (exact) mass is 349 g/mol. The van der Waals surface area contributed by atoms with E-state index in [1.807, 2.05) is 6.07 Å². The molecule has 3 aliphatic rings. The molecule has 0 spiro atoms. The third-order valence-electron chi connectivity index (χ3n) is 5.29. The van der Waals surface area contributed by atoms with Crippen molar-refractivity contribution < 1.29 is 13.2 Å². The summed E-state index contributed by atoms with van der Waals surface area (Å²) in [6, 6.07) is 5.05. The second-order valence-corrected chi connectivity index (χ2v) is 8.78. The lowest BCUT2D eigenvalue weighted by Crippen LogP contribution is -2.50. The molecule has 3 aliphatic heterocycles. The molecule has 0 aliphatic carbocycles. The molecular weight excluding hydrogens is 326 g/mol. The molecule has 1 aromatic carbocycles. The van der Waals surface area contributed by atoms with Gasteiger partial charge in [0.1, 0.15) is 6.04 Å². The van der Waals surface area contributed by atoms with Gasteiger partial charge in [0.25, 0.3) is 0 Å². The SMILES string of the molecule is O=C1Nc2cc(S(=O)(=O)N3CCCCC3)ccc2N2CCCC[C@@H]12. The number of carbonyl (C=O) groups is 1. The standard InChI is InChI=1S/C17H23N3O3S/c21-17-16-6-2-5-11-20(16)15-8-7-13(12-14(15)18-17)24(22,23)19-9-3-1-4-10-19/h7-8,12,16H,1-6,9-11H2,(H,18,21)/t16-/m0/s1. The molecule has 1 aromatic rings. The van der Waals surface area contributed by atoms with E-state index in [1.54, 1.807) is 16.4 Å². The van der Waals surface area contributed by atoms with Gasteiger partial charge in [-0.1, -0.05) is 6.42 Å². The minimum absolute atomic E-state index is 0.0188. The lowest BCUT2D eigenvalue weighted by Gasteiger charge is -2.41. The number of sulfonamides is 1. The molecule has 1 amide bonds. The average Bonchev–Trinajstić information content (AvgIpc) is 2.62. The number of nitrogens with zero attached hydrogens (tertiary/aromatic N) is 2. The molecule has 0 saturated carbocycles. The number of rotatable bonds is 2. The smallest absolute Gasteiger partial charge is 0.247 e. The van der Waals surface area contributed by atoms with Gasteiger partial charge in [-0.2, -0.15) is 4.31 Å². The van der Waals surface area contributed by atoms with E-state index in [2.05, 4.69) is 10.2 Å². The molecule has 0 aromatic heterocycles. The topological polar surface area (TPSA) is 69.7 Å². The van der Waals surface area contributed by atoms with Gasteiger partial charge in [-0.3, -0.25) is 4.79 Å². The van der Waals surface area contributed by atoms with Crippen molar-refractivity contribution in [2.24, 2.45) is 0 Å². The average molecular weight is 349 g/mol. The number of amides is 1. The molecule has 7 heteroatoms. The van der Waals surface area contributed by atoms with Crippen LogP contribution in [-0.2, 0) is 14.8 Å². The zero-order valence-electron chi connectivity index (χ0n) is 13.7. The summed E-state index contributed by atoms with van der Waals surface area (Å²) in [7, 11) is -3.48. The summed E-state index contributed by atoms with van der Waals surface area (Å²) in [6.07, 6.45) is 5.90. The van der Waals surface area contributed by atoms with E-state index < -0.39 is 10.0 Å². The number of fused-ring (bicyclic) bond motifs is 3. The lowest BCUT2D eigenvalue weighted by atomic mass is 9.97. The van der Waals surface area contributed by atoms with E-state index >= 15 is 0 Å². The molecule has 1 N–H and O–H groups in total. The second-order valence-electron chi connectivity index (χ2n) is 6.84. The van der Waals surface area contributed by atoms with Gasteiger partial charge in [-0.05, 0) is 50.3 Å². The Bertz CT molecular complexity index is 756. The lowest BCUT2D eigenvalue weighted by molar-refractivity contribution is -0.118. The Balaban J connectivity index is 1.68. The van der Waals surface area contributed by atoms with Crippen molar-refractivity contribution in [2.45, 2.75) is 49.5 Å². The Hall–Kier alpha value is -1.60. The summed E-state index contributed by atoms with van der Waals surface area (Å²) in [6.45, 7) is 2.02. The summed E-state index contributed by atoms with van der Waals surface area (Å²) in [5, 5.41) is 2.91. The van der Waals surface area contributed by atoms with Gasteiger partial charge >= 0.3 is 0 Å². The molecule has 6 nitrogen and oxygen atoms in total. The van der Waals surface area contributed by atoms with Crippen molar-refractivity contribution in [1.82, 2.24) is 4.31 Å². The van der Waals surface area contributed by atoms with Crippen molar-refractivity contribution >= 4 is 27.3 Å². The quantitative estimate of drug-likeness (QED) is 0.888. The Morgan fingerprint density at radius 1 is 1.00 bits per heavy atom. The minimum atomic E-state index is -3.48. The number of carbonyl (C=O) groups excluding carboxylic acids is 1. The highest BCUT2D eigenvalue weighted by Crippen LogP contribution is 2.37. The van der Waals surface area contributed by atoms with Crippen LogP contribution < -0.4 is 10.2 Å². The molecule has 4 rings (SSSR count). The molecule has 2 fully saturated rings. The molecule has 1 atom stereocenters. The fraction of sp³-hybridized carbons (Fsp3) is 0.588. The van der Waals surface area contributed by atoms with Crippen molar-refractivity contribution in [1.29, 1.82) is 0 Å². The molecule has 3 heterocycles. The first-order valence-corrected chi connectivity index (χ1v) is 10.2. The van der Waals surface area contributed by atoms with Gasteiger partial charge in [0.15, 0.2) is 0 Å². The van der Waals surface area contributed by atoms with Crippen LogP contribution in [0.3, 0.4) is 0 Å². The summed E-state index contributed by atoms with van der Waals surface area (Å²) in [5.41, 5.74) is 1.56. The zero-order valence-corrected chi connectivity index (χ0v) is 14.5. The van der Waals surface area contributed by atoms with Gasteiger partial charge in [0.05, 0.1) is 16.3 Å². The first-order valence-electron chi connectivity index (χ1n) is 8.79. The number of nitrogens with one attached hydrogen (secondary N) is 1. The van der Waals surface area contributed by atoms with E-state index in [0.717, 1.165) is 50.8 Å². The Morgan fingerprint density at radius 2 is 1.75 bits per heavy atom. The van der Waals surface area contributed by atoms with Crippen LogP contribution in [0.1, 0.15) is 38.5 Å². The van der Waals surface area contributed by atoms with Gasteiger partial charge in [-0.25, -0.2) is 8.42 Å². The molecule has 0 bridgehead atoms. The van der Waals surface area contributed by atoms with Crippen LogP contribution in [0.2, 0.25) is 0 Å². The first kappa shape index (κ1) is 15.9. The van der Waals surface area contributed by atoms with Crippen molar-refractivity contribution in [2.75, 3.05) is 29.9 Å². The fourth-order valence-corrected chi connectivity index (χ4v) is 5.53. The third kappa shape index (κ3) is 2.59. The number of hydrogen-bond donors (Lipinski definition) is 1. The fourth-order valence-electron chi connectivity index (χ4n) is 3.99. The molecule has 130 valence electrons. The summed E-state index contributed by atoms with van der Waals surface area (Å²) >= 11 is 0. The van der Waals surface area contributed by atoms with Crippen molar-refractivity contribution in [3.8, 4) is 0 Å². The van der Waals surface area contributed by atoms with Gasteiger partial charge in [-0.15, -0.1) is 0 Å². The normalized spacial score (nSPS) is 24.9. The minimum Gasteiger partial charge on any atom is -0.358 e.